The van der Waals surface area contributed by atoms with Crippen molar-refractivity contribution in [3.8, 4) is 0 Å². The van der Waals surface area contributed by atoms with E-state index in [1.54, 1.807) is 6.20 Å². The first kappa shape index (κ1) is 15.4. The van der Waals surface area contributed by atoms with Gasteiger partial charge in [0.25, 0.3) is 0 Å². The maximum absolute atomic E-state index is 5.68. The minimum atomic E-state index is 0.145. The molecule has 1 aromatic heterocycles. The summed E-state index contributed by atoms with van der Waals surface area (Å²) in [6.45, 7) is 6.66. The number of guanidine groups is 1. The number of nitrogens with two attached hydrogens (primary N) is 1. The van der Waals surface area contributed by atoms with Gasteiger partial charge in [0.15, 0.2) is 11.1 Å². The minimum absolute atomic E-state index is 0.145. The van der Waals surface area contributed by atoms with Crippen LogP contribution in [0.5, 0.6) is 0 Å². The number of rotatable bonds is 4. The topological polar surface area (TPSA) is 75.3 Å². The molecule has 5 nitrogen and oxygen atoms in total. The van der Waals surface area contributed by atoms with Crippen LogP contribution in [0.25, 0.3) is 0 Å². The van der Waals surface area contributed by atoms with E-state index in [1.807, 2.05) is 32.9 Å². The number of thiocarbonyl (C=S) groups is 1. The normalized spacial score (nSPS) is 11.5. The van der Waals surface area contributed by atoms with Crippen LogP contribution in [-0.4, -0.2) is 28.6 Å². The van der Waals surface area contributed by atoms with E-state index in [1.165, 1.54) is 5.56 Å². The number of aromatic nitrogens is 1. The Morgan fingerprint density at radius 3 is 2.89 bits per heavy atom. The van der Waals surface area contributed by atoms with Gasteiger partial charge in [0.05, 0.1) is 0 Å². The summed E-state index contributed by atoms with van der Waals surface area (Å²) >= 11 is 5.13. The Kier molecular flexibility index (Phi) is 6.21. The molecular formula is C13H21N5S. The first-order chi connectivity index (χ1) is 8.99. The zero-order valence-corrected chi connectivity index (χ0v) is 12.4. The molecule has 0 spiro atoms. The van der Waals surface area contributed by atoms with Gasteiger partial charge in [0, 0.05) is 30.9 Å². The van der Waals surface area contributed by atoms with Crippen molar-refractivity contribution in [1.29, 1.82) is 0 Å². The van der Waals surface area contributed by atoms with E-state index in [0.717, 1.165) is 12.1 Å². The van der Waals surface area contributed by atoms with Gasteiger partial charge in [-0.25, -0.2) is 0 Å². The molecule has 1 heterocycles. The standard InChI is InChI=1S/C13H21N5S/c1-9(2)17-12(14)18-13(19)16-8-6-11-10(3)5-4-7-15-11/h4-5,7,9H,6,8H2,1-3H3,(H4,14,16,17,18,19). The van der Waals surface area contributed by atoms with Crippen LogP contribution in [0.3, 0.4) is 0 Å². The zero-order chi connectivity index (χ0) is 14.3. The fourth-order valence-corrected chi connectivity index (χ4v) is 1.75. The first-order valence-electron chi connectivity index (χ1n) is 6.27. The number of aliphatic imine (C=N–C) groups is 1. The van der Waals surface area contributed by atoms with Crippen LogP contribution >= 0.6 is 12.2 Å². The van der Waals surface area contributed by atoms with Gasteiger partial charge in [-0.05, 0) is 44.6 Å². The van der Waals surface area contributed by atoms with Gasteiger partial charge in [0.1, 0.15) is 0 Å². The van der Waals surface area contributed by atoms with Gasteiger partial charge in [0.2, 0.25) is 0 Å². The van der Waals surface area contributed by atoms with E-state index in [4.69, 9.17) is 18.0 Å². The summed E-state index contributed by atoms with van der Waals surface area (Å²) in [6.07, 6.45) is 2.61. The highest BCUT2D eigenvalue weighted by Gasteiger charge is 2.01. The number of nitrogens with one attached hydrogen (secondary N) is 2. The van der Waals surface area contributed by atoms with Gasteiger partial charge in [-0.3, -0.25) is 9.98 Å². The van der Waals surface area contributed by atoms with E-state index < -0.39 is 0 Å². The Morgan fingerprint density at radius 2 is 2.26 bits per heavy atom. The third-order valence-electron chi connectivity index (χ3n) is 2.40. The summed E-state index contributed by atoms with van der Waals surface area (Å²) in [6, 6.07) is 4.12. The van der Waals surface area contributed by atoms with Crippen LogP contribution in [0.1, 0.15) is 25.1 Å². The monoisotopic (exact) mass is 279 g/mol. The molecule has 0 bridgehead atoms. The summed E-state index contributed by atoms with van der Waals surface area (Å²) in [7, 11) is 0. The summed E-state index contributed by atoms with van der Waals surface area (Å²) in [4.78, 5) is 8.46. The zero-order valence-electron chi connectivity index (χ0n) is 11.6. The van der Waals surface area contributed by atoms with Crippen molar-refractivity contribution < 1.29 is 0 Å². The molecule has 1 aromatic rings. The van der Waals surface area contributed by atoms with Crippen molar-refractivity contribution in [3.63, 3.8) is 0 Å². The SMILES string of the molecule is Cc1cccnc1CCNC(=S)NC(N)=NC(C)C. The predicted molar refractivity (Wildman–Crippen MR) is 83.2 cm³/mol. The van der Waals surface area contributed by atoms with Crippen molar-refractivity contribution in [2.24, 2.45) is 10.7 Å². The van der Waals surface area contributed by atoms with Gasteiger partial charge in [-0.2, -0.15) is 0 Å². The van der Waals surface area contributed by atoms with Crippen LogP contribution in [0, 0.1) is 6.92 Å². The largest absolute Gasteiger partial charge is 0.370 e. The highest BCUT2D eigenvalue weighted by atomic mass is 32.1. The Hall–Kier alpha value is -1.69. The van der Waals surface area contributed by atoms with Crippen molar-refractivity contribution in [2.45, 2.75) is 33.2 Å². The van der Waals surface area contributed by atoms with Crippen LogP contribution in [0.15, 0.2) is 23.3 Å². The first-order valence-corrected chi connectivity index (χ1v) is 6.68. The van der Waals surface area contributed by atoms with Crippen molar-refractivity contribution in [3.05, 3.63) is 29.6 Å². The highest BCUT2D eigenvalue weighted by Crippen LogP contribution is 2.02. The summed E-state index contributed by atoms with van der Waals surface area (Å²) < 4.78 is 0. The molecule has 0 aliphatic heterocycles. The fourth-order valence-electron chi connectivity index (χ4n) is 1.55. The summed E-state index contributed by atoms with van der Waals surface area (Å²) in [5.74, 6) is 0.335. The molecule has 19 heavy (non-hydrogen) atoms. The molecule has 0 unspecified atom stereocenters. The fraction of sp³-hybridized carbons (Fsp3) is 0.462. The minimum Gasteiger partial charge on any atom is -0.370 e. The highest BCUT2D eigenvalue weighted by molar-refractivity contribution is 7.80. The Labute approximate surface area is 119 Å². The lowest BCUT2D eigenvalue weighted by atomic mass is 10.2. The number of hydrogen-bond donors (Lipinski definition) is 3. The average molecular weight is 279 g/mol. The van der Waals surface area contributed by atoms with E-state index in [-0.39, 0.29) is 6.04 Å². The second-order valence-corrected chi connectivity index (χ2v) is 4.91. The lowest BCUT2D eigenvalue weighted by Crippen LogP contribution is -2.44. The predicted octanol–water partition coefficient (Wildman–Crippen LogP) is 1.12. The second-order valence-electron chi connectivity index (χ2n) is 4.51. The summed E-state index contributed by atoms with van der Waals surface area (Å²) in [5.41, 5.74) is 7.94. The molecule has 4 N–H and O–H groups in total. The third-order valence-corrected chi connectivity index (χ3v) is 2.65. The quantitative estimate of drug-likeness (QED) is 0.437. The second kappa shape index (κ2) is 7.68. The molecule has 0 amide bonds. The molecule has 0 saturated heterocycles. The molecule has 0 atom stereocenters. The van der Waals surface area contributed by atoms with Gasteiger partial charge >= 0.3 is 0 Å². The van der Waals surface area contributed by atoms with Gasteiger partial charge < -0.3 is 16.4 Å². The molecule has 0 saturated carbocycles. The van der Waals surface area contributed by atoms with E-state index >= 15 is 0 Å². The van der Waals surface area contributed by atoms with E-state index in [9.17, 15) is 0 Å². The number of hydrogen-bond acceptors (Lipinski definition) is 3. The van der Waals surface area contributed by atoms with Crippen molar-refractivity contribution in [2.75, 3.05) is 6.54 Å². The summed E-state index contributed by atoms with van der Waals surface area (Å²) in [5, 5.41) is 6.40. The van der Waals surface area contributed by atoms with Crippen LogP contribution < -0.4 is 16.4 Å². The molecule has 0 aliphatic carbocycles. The average Bonchev–Trinajstić information content (AvgIpc) is 2.30. The molecule has 6 heteroatoms. The lowest BCUT2D eigenvalue weighted by Gasteiger charge is -2.11. The number of aryl methyl sites for hydroxylation is 1. The molecule has 1 rings (SSSR count). The van der Waals surface area contributed by atoms with Crippen LogP contribution in [0.2, 0.25) is 0 Å². The molecule has 0 aliphatic rings. The lowest BCUT2D eigenvalue weighted by molar-refractivity contribution is 0.815. The Morgan fingerprint density at radius 1 is 1.53 bits per heavy atom. The van der Waals surface area contributed by atoms with Crippen molar-refractivity contribution in [1.82, 2.24) is 15.6 Å². The third kappa shape index (κ3) is 6.15. The molecule has 0 radical (unpaired) electrons. The van der Waals surface area contributed by atoms with Gasteiger partial charge in [-0.1, -0.05) is 6.07 Å². The Bertz CT molecular complexity index is 456. The smallest absolute Gasteiger partial charge is 0.195 e. The number of nitrogens with zero attached hydrogens (tertiary/aromatic N) is 2. The molecule has 0 fully saturated rings. The van der Waals surface area contributed by atoms with Crippen LogP contribution in [0.4, 0.5) is 0 Å². The van der Waals surface area contributed by atoms with Crippen molar-refractivity contribution >= 4 is 23.3 Å². The van der Waals surface area contributed by atoms with Gasteiger partial charge in [-0.15, -0.1) is 0 Å². The molecular weight excluding hydrogens is 258 g/mol. The molecule has 0 aromatic carbocycles. The van der Waals surface area contributed by atoms with E-state index in [0.29, 0.717) is 17.6 Å². The molecule has 104 valence electrons. The Balaban J connectivity index is 2.34. The maximum atomic E-state index is 5.68. The maximum Gasteiger partial charge on any atom is 0.195 e. The van der Waals surface area contributed by atoms with Crippen LogP contribution in [-0.2, 0) is 6.42 Å². The number of pyridine rings is 1. The van der Waals surface area contributed by atoms with E-state index in [2.05, 4.69) is 20.6 Å².